The largest absolute Gasteiger partial charge is 0.486 e. The molecule has 2 amide bonds. The topological polar surface area (TPSA) is 105 Å². The number of nitriles is 1. The normalized spacial score (nSPS) is 13.1. The molecule has 8 nitrogen and oxygen atoms in total. The first-order valence-electron chi connectivity index (χ1n) is 9.86. The average molecular weight is 409 g/mol. The number of anilines is 2. The van der Waals surface area contributed by atoms with Crippen LogP contribution in [0.1, 0.15) is 12.5 Å². The molecule has 8 heteroatoms. The molecule has 0 bridgehead atoms. The molecule has 0 aliphatic carbocycles. The molecule has 0 spiro atoms. The van der Waals surface area contributed by atoms with Crippen LogP contribution in [0.5, 0.6) is 11.5 Å². The summed E-state index contributed by atoms with van der Waals surface area (Å²) < 4.78 is 11.0. The van der Waals surface area contributed by atoms with E-state index in [1.165, 1.54) is 0 Å². The molecule has 0 radical (unpaired) electrons. The van der Waals surface area contributed by atoms with Crippen LogP contribution < -0.4 is 25.0 Å². The summed E-state index contributed by atoms with van der Waals surface area (Å²) in [6.45, 7) is 3.89. The number of nitrogens with zero attached hydrogens (tertiary/aromatic N) is 1. The van der Waals surface area contributed by atoms with Crippen LogP contribution in [-0.2, 0) is 16.0 Å². The Bertz CT molecular complexity index is 937. The number of carbonyl (C=O) groups excluding carboxylic acids is 2. The van der Waals surface area contributed by atoms with Gasteiger partial charge in [-0.15, -0.1) is 0 Å². The fourth-order valence-corrected chi connectivity index (χ4v) is 3.10. The number of fused-ring (bicyclic) bond motifs is 1. The first kappa shape index (κ1) is 21.1. The van der Waals surface area contributed by atoms with Crippen molar-refractivity contribution in [2.24, 2.45) is 0 Å². The molecule has 1 aliphatic heterocycles. The van der Waals surface area contributed by atoms with E-state index >= 15 is 0 Å². The third kappa shape index (κ3) is 5.96. The van der Waals surface area contributed by atoms with Gasteiger partial charge in [0, 0.05) is 17.4 Å². The zero-order valence-corrected chi connectivity index (χ0v) is 16.9. The van der Waals surface area contributed by atoms with E-state index in [2.05, 4.69) is 16.7 Å². The van der Waals surface area contributed by atoms with Gasteiger partial charge in [-0.25, -0.2) is 0 Å². The molecule has 2 aromatic rings. The lowest BCUT2D eigenvalue weighted by molar-refractivity contribution is -0.881. The molecule has 156 valence electrons. The van der Waals surface area contributed by atoms with E-state index in [1.807, 2.05) is 19.1 Å². The molecule has 1 heterocycles. The van der Waals surface area contributed by atoms with Gasteiger partial charge in [0.05, 0.1) is 19.0 Å². The minimum absolute atomic E-state index is 0.166. The van der Waals surface area contributed by atoms with E-state index in [9.17, 15) is 9.59 Å². The maximum Gasteiger partial charge on any atom is 0.279 e. The van der Waals surface area contributed by atoms with Crippen LogP contribution in [0.2, 0.25) is 0 Å². The van der Waals surface area contributed by atoms with Crippen LogP contribution in [0.15, 0.2) is 42.5 Å². The fraction of sp³-hybridized carbons (Fsp3) is 0.318. The highest BCUT2D eigenvalue weighted by Gasteiger charge is 2.18. The third-order valence-corrected chi connectivity index (χ3v) is 4.67. The molecule has 0 saturated heterocycles. The highest BCUT2D eigenvalue weighted by atomic mass is 16.6. The van der Waals surface area contributed by atoms with Crippen LogP contribution in [0.3, 0.4) is 0 Å². The number of amides is 2. The first-order valence-corrected chi connectivity index (χ1v) is 9.86. The van der Waals surface area contributed by atoms with Gasteiger partial charge in [-0.3, -0.25) is 9.59 Å². The van der Waals surface area contributed by atoms with Gasteiger partial charge in [-0.2, -0.15) is 5.26 Å². The Hall–Kier alpha value is -3.57. The Balaban J connectivity index is 1.50. The van der Waals surface area contributed by atoms with Gasteiger partial charge in [-0.05, 0) is 36.8 Å². The second kappa shape index (κ2) is 10.3. The summed E-state index contributed by atoms with van der Waals surface area (Å²) in [5.41, 5.74) is 2.19. The van der Waals surface area contributed by atoms with Gasteiger partial charge >= 0.3 is 0 Å². The highest BCUT2D eigenvalue weighted by Crippen LogP contribution is 2.32. The van der Waals surface area contributed by atoms with Crippen molar-refractivity contribution < 1.29 is 24.0 Å². The maximum atomic E-state index is 12.4. The zero-order chi connectivity index (χ0) is 21.3. The summed E-state index contributed by atoms with van der Waals surface area (Å²) in [6, 6.07) is 14.5. The third-order valence-electron chi connectivity index (χ3n) is 4.67. The number of likely N-dealkylation sites (N-methyl/N-ethyl adjacent to an activating group) is 1. The van der Waals surface area contributed by atoms with Gasteiger partial charge in [0.2, 0.25) is 0 Å². The van der Waals surface area contributed by atoms with Gasteiger partial charge in [0.15, 0.2) is 24.6 Å². The van der Waals surface area contributed by atoms with Crippen LogP contribution in [0.25, 0.3) is 0 Å². The number of nitrogens with one attached hydrogen (secondary N) is 3. The van der Waals surface area contributed by atoms with Crippen molar-refractivity contribution in [3.05, 3.63) is 48.0 Å². The zero-order valence-electron chi connectivity index (χ0n) is 16.9. The Morgan fingerprint density at radius 1 is 0.967 bits per heavy atom. The number of hydrogen-bond acceptors (Lipinski definition) is 5. The second-order valence-electron chi connectivity index (χ2n) is 6.94. The predicted octanol–water partition coefficient (Wildman–Crippen LogP) is 1.01. The van der Waals surface area contributed by atoms with Crippen molar-refractivity contribution >= 4 is 23.2 Å². The summed E-state index contributed by atoms with van der Waals surface area (Å²) in [5.74, 6) is 0.917. The molecule has 0 saturated carbocycles. The quantitative estimate of drug-likeness (QED) is 0.604. The minimum Gasteiger partial charge on any atom is -0.486 e. The van der Waals surface area contributed by atoms with Crippen molar-refractivity contribution in [3.8, 4) is 17.6 Å². The van der Waals surface area contributed by atoms with E-state index in [4.69, 9.17) is 14.7 Å². The van der Waals surface area contributed by atoms with E-state index in [-0.39, 0.29) is 24.9 Å². The molecular formula is C22H25N4O4+. The SMILES string of the molecule is CC[NH+](CC(=O)Nc1ccc(CC#N)cc1)CC(=O)Nc1ccc2c(c1)OCCO2. The molecule has 3 rings (SSSR count). The number of carbonyl (C=O) groups is 2. The Morgan fingerprint density at radius 2 is 1.57 bits per heavy atom. The Morgan fingerprint density at radius 3 is 2.20 bits per heavy atom. The Kier molecular flexibility index (Phi) is 7.24. The lowest BCUT2D eigenvalue weighted by Gasteiger charge is -2.20. The van der Waals surface area contributed by atoms with Crippen molar-refractivity contribution in [1.29, 1.82) is 5.26 Å². The number of benzene rings is 2. The molecule has 1 unspecified atom stereocenters. The second-order valence-corrected chi connectivity index (χ2v) is 6.94. The van der Waals surface area contributed by atoms with Crippen LogP contribution in [0, 0.1) is 11.3 Å². The molecule has 30 heavy (non-hydrogen) atoms. The number of ether oxygens (including phenoxy) is 2. The summed E-state index contributed by atoms with van der Waals surface area (Å²) in [6.07, 6.45) is 0.334. The lowest BCUT2D eigenvalue weighted by atomic mass is 10.1. The number of hydrogen-bond donors (Lipinski definition) is 3. The number of quaternary nitrogens is 1. The van der Waals surface area contributed by atoms with Gasteiger partial charge in [0.25, 0.3) is 11.8 Å². The minimum atomic E-state index is -0.183. The van der Waals surface area contributed by atoms with Crippen molar-refractivity contribution in [3.63, 3.8) is 0 Å². The van der Waals surface area contributed by atoms with Crippen molar-refractivity contribution in [1.82, 2.24) is 0 Å². The first-order chi connectivity index (χ1) is 14.6. The van der Waals surface area contributed by atoms with E-state index in [1.54, 1.807) is 30.3 Å². The van der Waals surface area contributed by atoms with Crippen molar-refractivity contribution in [2.45, 2.75) is 13.3 Å². The monoisotopic (exact) mass is 409 g/mol. The van der Waals surface area contributed by atoms with Gasteiger partial charge in [-0.1, -0.05) is 12.1 Å². The summed E-state index contributed by atoms with van der Waals surface area (Å²) in [5, 5.41) is 14.4. The fourth-order valence-electron chi connectivity index (χ4n) is 3.10. The molecule has 1 atom stereocenters. The van der Waals surface area contributed by atoms with Crippen LogP contribution in [0.4, 0.5) is 11.4 Å². The van der Waals surface area contributed by atoms with Crippen LogP contribution in [-0.4, -0.2) is 44.7 Å². The van der Waals surface area contributed by atoms with E-state index < -0.39 is 0 Å². The Labute approximate surface area is 175 Å². The standard InChI is InChI=1S/C22H24N4O4/c1-2-26(14-21(27)24-17-5-3-16(4-6-17)9-10-23)15-22(28)25-18-7-8-19-20(13-18)30-12-11-29-19/h3-8,13H,2,9,11-12,14-15H2,1H3,(H,24,27)(H,25,28)/p+1. The molecule has 3 N–H and O–H groups in total. The molecule has 0 fully saturated rings. The molecule has 1 aliphatic rings. The molecule has 2 aromatic carbocycles. The number of rotatable bonds is 8. The van der Waals surface area contributed by atoms with Gasteiger partial charge in [0.1, 0.15) is 13.2 Å². The lowest BCUT2D eigenvalue weighted by Crippen LogP contribution is -3.13. The smallest absolute Gasteiger partial charge is 0.279 e. The van der Waals surface area contributed by atoms with E-state index in [0.717, 1.165) is 10.5 Å². The summed E-state index contributed by atoms with van der Waals surface area (Å²) in [4.78, 5) is 25.6. The van der Waals surface area contributed by atoms with Crippen molar-refractivity contribution in [2.75, 3.05) is 43.5 Å². The average Bonchev–Trinajstić information content (AvgIpc) is 2.74. The maximum absolute atomic E-state index is 12.4. The molecule has 0 aromatic heterocycles. The summed E-state index contributed by atoms with van der Waals surface area (Å²) >= 11 is 0. The highest BCUT2D eigenvalue weighted by molar-refractivity contribution is 5.93. The van der Waals surface area contributed by atoms with E-state index in [0.29, 0.717) is 49.1 Å². The van der Waals surface area contributed by atoms with Gasteiger partial charge < -0.3 is 25.0 Å². The van der Waals surface area contributed by atoms with Crippen LogP contribution >= 0.6 is 0 Å². The predicted molar refractivity (Wildman–Crippen MR) is 112 cm³/mol. The molecular weight excluding hydrogens is 384 g/mol. The summed E-state index contributed by atoms with van der Waals surface area (Å²) in [7, 11) is 0.